The van der Waals surface area contributed by atoms with Crippen molar-refractivity contribution >= 4 is 11.4 Å². The smallest absolute Gasteiger partial charge is 0.0461 e. The molecular formula is C46H52N2. The fourth-order valence-electron chi connectivity index (χ4n) is 5.39. The average molecular weight is 633 g/mol. The Kier molecular flexibility index (Phi) is 15.0. The summed E-state index contributed by atoms with van der Waals surface area (Å²) in [7, 11) is 0. The van der Waals surface area contributed by atoms with Crippen molar-refractivity contribution in [3.63, 3.8) is 0 Å². The molecule has 0 amide bonds. The normalized spacial score (nSPS) is 13.4. The molecule has 3 aromatic rings. The molecule has 0 radical (unpaired) electrons. The fraction of sp³-hybridized carbons (Fsp3) is 0.174. The van der Waals surface area contributed by atoms with Crippen LogP contribution in [0.1, 0.15) is 48.5 Å². The molecule has 2 heteroatoms. The first-order valence-electron chi connectivity index (χ1n) is 16.8. The lowest BCUT2D eigenvalue weighted by Crippen LogP contribution is -2.20. The van der Waals surface area contributed by atoms with E-state index in [0.29, 0.717) is 5.92 Å². The third-order valence-corrected chi connectivity index (χ3v) is 7.67. The SMILES string of the molecule is C=C/C=C\C(=C/C)N(C(/C=C\C)=C/C(C)C)c1ccc(-c2ccc(-c3ccc(N(/C(C)=C/C=C\C)/C(C=C)=C/C=C\C)cc3)cc2)cc1. The molecule has 0 aliphatic rings. The lowest BCUT2D eigenvalue weighted by atomic mass is 9.99. The minimum absolute atomic E-state index is 0.405. The summed E-state index contributed by atoms with van der Waals surface area (Å²) in [4.78, 5) is 4.52. The summed E-state index contributed by atoms with van der Waals surface area (Å²) in [5, 5.41) is 0. The molecule has 0 spiro atoms. The van der Waals surface area contributed by atoms with E-state index >= 15 is 0 Å². The van der Waals surface area contributed by atoms with E-state index in [0.717, 1.165) is 34.2 Å². The van der Waals surface area contributed by atoms with Crippen molar-refractivity contribution in [2.45, 2.75) is 48.5 Å². The number of nitrogens with zero attached hydrogens (tertiary/aromatic N) is 2. The molecule has 0 heterocycles. The molecule has 2 nitrogen and oxygen atoms in total. The van der Waals surface area contributed by atoms with Crippen molar-refractivity contribution in [2.24, 2.45) is 5.92 Å². The van der Waals surface area contributed by atoms with Crippen molar-refractivity contribution in [2.75, 3.05) is 9.80 Å². The van der Waals surface area contributed by atoms with Crippen LogP contribution in [0.2, 0.25) is 0 Å². The predicted molar refractivity (Wildman–Crippen MR) is 215 cm³/mol. The van der Waals surface area contributed by atoms with E-state index in [1.54, 1.807) is 0 Å². The van der Waals surface area contributed by atoms with Gasteiger partial charge in [0.05, 0.1) is 0 Å². The molecule has 0 unspecified atom stereocenters. The maximum absolute atomic E-state index is 4.08. The molecule has 3 aromatic carbocycles. The molecule has 0 saturated carbocycles. The van der Waals surface area contributed by atoms with E-state index < -0.39 is 0 Å². The van der Waals surface area contributed by atoms with Gasteiger partial charge in [-0.25, -0.2) is 0 Å². The zero-order valence-electron chi connectivity index (χ0n) is 29.9. The number of benzene rings is 3. The first-order chi connectivity index (χ1) is 23.3. The van der Waals surface area contributed by atoms with Crippen molar-refractivity contribution < 1.29 is 0 Å². The van der Waals surface area contributed by atoms with Gasteiger partial charge >= 0.3 is 0 Å². The molecule has 0 fully saturated rings. The number of hydrogen-bond donors (Lipinski definition) is 0. The second-order valence-electron chi connectivity index (χ2n) is 11.6. The van der Waals surface area contributed by atoms with Gasteiger partial charge in [0.2, 0.25) is 0 Å². The van der Waals surface area contributed by atoms with Gasteiger partial charge in [0.15, 0.2) is 0 Å². The van der Waals surface area contributed by atoms with E-state index in [4.69, 9.17) is 0 Å². The van der Waals surface area contributed by atoms with Crippen LogP contribution in [0.3, 0.4) is 0 Å². The standard InChI is InChI=1S/C46H52N2/c1-10-16-20-37(9)47(42(14-5)21-17-11-2)44-31-27-40(28-32-44)38-23-25-39(26-24-38)41-29-33-45(34-30-41)48(43(15-6)22-18-12-3)46(19-13-4)35-36(7)8/h10-36H,3,5H2,1-2,4,6-9H3/b16-10-,17-11-,19-13-,22-18-,37-20+,42-21+,43-15+,46-35+. The van der Waals surface area contributed by atoms with Gasteiger partial charge in [-0.05, 0) is 117 Å². The lowest BCUT2D eigenvalue weighted by molar-refractivity contribution is 0.819. The minimum Gasteiger partial charge on any atom is -0.315 e. The number of allylic oxidation sites excluding steroid dienone is 15. The van der Waals surface area contributed by atoms with Crippen LogP contribution in [0.5, 0.6) is 0 Å². The second kappa shape index (κ2) is 19.4. The molecule has 0 aliphatic carbocycles. The van der Waals surface area contributed by atoms with Gasteiger partial charge in [0, 0.05) is 34.2 Å². The average Bonchev–Trinajstić information content (AvgIpc) is 3.11. The highest BCUT2D eigenvalue weighted by molar-refractivity contribution is 5.74. The first kappa shape index (κ1) is 37.1. The highest BCUT2D eigenvalue weighted by atomic mass is 15.2. The minimum atomic E-state index is 0.405. The van der Waals surface area contributed by atoms with E-state index in [9.17, 15) is 0 Å². The van der Waals surface area contributed by atoms with Gasteiger partial charge in [-0.3, -0.25) is 0 Å². The van der Waals surface area contributed by atoms with E-state index in [1.165, 1.54) is 22.3 Å². The van der Waals surface area contributed by atoms with Crippen molar-refractivity contribution in [1.29, 1.82) is 0 Å². The van der Waals surface area contributed by atoms with Gasteiger partial charge in [-0.2, -0.15) is 0 Å². The Balaban J connectivity index is 1.93. The molecular weight excluding hydrogens is 581 g/mol. The zero-order chi connectivity index (χ0) is 34.9. The maximum Gasteiger partial charge on any atom is 0.0461 e. The summed E-state index contributed by atoms with van der Waals surface area (Å²) in [6.45, 7) is 22.7. The molecule has 0 N–H and O–H groups in total. The summed E-state index contributed by atoms with van der Waals surface area (Å²) in [6.07, 6.45) is 28.8. The molecule has 3 rings (SSSR count). The van der Waals surface area contributed by atoms with Crippen molar-refractivity contribution in [1.82, 2.24) is 0 Å². The summed E-state index contributed by atoms with van der Waals surface area (Å²) >= 11 is 0. The molecule has 0 aromatic heterocycles. The second-order valence-corrected chi connectivity index (χ2v) is 11.6. The largest absolute Gasteiger partial charge is 0.315 e. The lowest BCUT2D eigenvalue weighted by Gasteiger charge is -2.28. The topological polar surface area (TPSA) is 6.48 Å². The molecule has 246 valence electrons. The Labute approximate surface area is 290 Å². The first-order valence-corrected chi connectivity index (χ1v) is 16.8. The summed E-state index contributed by atoms with van der Waals surface area (Å²) in [5.74, 6) is 0.405. The van der Waals surface area contributed by atoms with Crippen LogP contribution in [0, 0.1) is 5.92 Å². The highest BCUT2D eigenvalue weighted by Crippen LogP contribution is 2.32. The van der Waals surface area contributed by atoms with Gasteiger partial charge in [0.1, 0.15) is 0 Å². The quantitative estimate of drug-likeness (QED) is 0.154. The molecule has 0 saturated heterocycles. The van der Waals surface area contributed by atoms with Gasteiger partial charge in [-0.15, -0.1) is 0 Å². The van der Waals surface area contributed by atoms with Crippen LogP contribution in [0.25, 0.3) is 22.3 Å². The molecule has 0 aliphatic heterocycles. The maximum atomic E-state index is 4.08. The summed E-state index contributed by atoms with van der Waals surface area (Å²) in [5.41, 5.74) is 11.2. The predicted octanol–water partition coefficient (Wildman–Crippen LogP) is 13.5. The Morgan fingerprint density at radius 3 is 1.46 bits per heavy atom. The summed E-state index contributed by atoms with van der Waals surface area (Å²) < 4.78 is 0. The third kappa shape index (κ3) is 10.1. The molecule has 0 atom stereocenters. The van der Waals surface area contributed by atoms with Crippen LogP contribution >= 0.6 is 0 Å². The number of hydrogen-bond acceptors (Lipinski definition) is 2. The fourth-order valence-corrected chi connectivity index (χ4v) is 5.39. The van der Waals surface area contributed by atoms with E-state index in [-0.39, 0.29) is 0 Å². The van der Waals surface area contributed by atoms with Crippen LogP contribution < -0.4 is 9.80 Å². The van der Waals surface area contributed by atoms with Crippen molar-refractivity contribution in [3.05, 3.63) is 194 Å². The molecule has 48 heavy (non-hydrogen) atoms. The van der Waals surface area contributed by atoms with Crippen LogP contribution in [-0.4, -0.2) is 0 Å². The number of rotatable bonds is 15. The van der Waals surface area contributed by atoms with E-state index in [2.05, 4.69) is 179 Å². The number of anilines is 2. The van der Waals surface area contributed by atoms with E-state index in [1.807, 2.05) is 50.3 Å². The van der Waals surface area contributed by atoms with Crippen LogP contribution in [0.4, 0.5) is 11.4 Å². The molecule has 0 bridgehead atoms. The van der Waals surface area contributed by atoms with Gasteiger partial charge in [-0.1, -0.05) is 130 Å². The monoisotopic (exact) mass is 632 g/mol. The Morgan fingerprint density at radius 2 is 1.04 bits per heavy atom. The highest BCUT2D eigenvalue weighted by Gasteiger charge is 2.15. The zero-order valence-corrected chi connectivity index (χ0v) is 29.9. The third-order valence-electron chi connectivity index (χ3n) is 7.67. The van der Waals surface area contributed by atoms with Crippen molar-refractivity contribution in [3.8, 4) is 22.3 Å². The van der Waals surface area contributed by atoms with Crippen LogP contribution in [-0.2, 0) is 0 Å². The van der Waals surface area contributed by atoms with Gasteiger partial charge in [0.25, 0.3) is 0 Å². The Morgan fingerprint density at radius 1 is 0.562 bits per heavy atom. The van der Waals surface area contributed by atoms with Gasteiger partial charge < -0.3 is 9.80 Å². The Hall–Kier alpha value is -5.34. The summed E-state index contributed by atoms with van der Waals surface area (Å²) in [6, 6.07) is 26.3. The Bertz CT molecular complexity index is 1730. The van der Waals surface area contributed by atoms with Crippen LogP contribution in [0.15, 0.2) is 194 Å².